The molecule has 24 heavy (non-hydrogen) atoms. The fourth-order valence-electron chi connectivity index (χ4n) is 1.75. The number of amides is 2. The molecule has 0 aliphatic rings. The van der Waals surface area contributed by atoms with Gasteiger partial charge in [-0.25, -0.2) is 9.78 Å². The van der Waals surface area contributed by atoms with E-state index in [4.69, 9.17) is 9.84 Å². The molecule has 0 bridgehead atoms. The molecular weight excluding hydrogens is 334 g/mol. The summed E-state index contributed by atoms with van der Waals surface area (Å²) >= 11 is 1.13. The van der Waals surface area contributed by atoms with E-state index in [0.717, 1.165) is 11.3 Å². The van der Waals surface area contributed by atoms with E-state index in [-0.39, 0.29) is 17.5 Å². The number of carboxylic acid groups (broad SMARTS) is 1. The Morgan fingerprint density at radius 1 is 1.33 bits per heavy atom. The normalized spacial score (nSPS) is 12.6. The molecule has 0 spiro atoms. The molecule has 9 heteroatoms. The third-order valence-corrected chi connectivity index (χ3v) is 3.54. The summed E-state index contributed by atoms with van der Waals surface area (Å²) < 4.78 is 5.16. The second kappa shape index (κ2) is 8.09. The summed E-state index contributed by atoms with van der Waals surface area (Å²) in [5.41, 5.74) is -0.299. The number of carbonyl (C=O) groups is 3. The fraction of sp³-hybridized carbons (Fsp3) is 0.600. The Hall–Kier alpha value is -2.16. The van der Waals surface area contributed by atoms with Crippen LogP contribution in [-0.2, 0) is 20.7 Å². The number of aliphatic carboxylic acids is 1. The average Bonchev–Trinajstić information content (AvgIpc) is 2.79. The van der Waals surface area contributed by atoms with Crippen molar-refractivity contribution in [2.45, 2.75) is 52.7 Å². The van der Waals surface area contributed by atoms with E-state index in [9.17, 15) is 14.4 Å². The number of nitrogens with one attached hydrogen (secondary N) is 2. The van der Waals surface area contributed by atoms with Crippen LogP contribution in [0.2, 0.25) is 0 Å². The average molecular weight is 357 g/mol. The van der Waals surface area contributed by atoms with Gasteiger partial charge in [0, 0.05) is 5.38 Å². The zero-order valence-electron chi connectivity index (χ0n) is 14.4. The molecule has 1 aromatic rings. The number of aromatic nitrogens is 1. The van der Waals surface area contributed by atoms with Crippen LogP contribution in [0, 0.1) is 5.92 Å². The number of hydrogen-bond acceptors (Lipinski definition) is 6. The van der Waals surface area contributed by atoms with Crippen LogP contribution in [0.3, 0.4) is 0 Å². The third kappa shape index (κ3) is 6.95. The maximum Gasteiger partial charge on any atom is 0.408 e. The van der Waals surface area contributed by atoms with Crippen molar-refractivity contribution in [3.8, 4) is 0 Å². The van der Waals surface area contributed by atoms with E-state index >= 15 is 0 Å². The van der Waals surface area contributed by atoms with E-state index < -0.39 is 29.6 Å². The Kier molecular flexibility index (Phi) is 6.70. The number of rotatable bonds is 6. The minimum absolute atomic E-state index is 0.170. The number of nitrogens with zero attached hydrogens (tertiary/aromatic N) is 1. The van der Waals surface area contributed by atoms with E-state index in [2.05, 4.69) is 15.6 Å². The number of carbonyl (C=O) groups excluding carboxylic acids is 2. The smallest absolute Gasteiger partial charge is 0.408 e. The maximum absolute atomic E-state index is 12.4. The minimum Gasteiger partial charge on any atom is -0.481 e. The van der Waals surface area contributed by atoms with Gasteiger partial charge < -0.3 is 20.5 Å². The van der Waals surface area contributed by atoms with E-state index in [1.807, 2.05) is 0 Å². The highest BCUT2D eigenvalue weighted by atomic mass is 32.1. The van der Waals surface area contributed by atoms with Gasteiger partial charge in [0.2, 0.25) is 5.91 Å². The lowest BCUT2D eigenvalue weighted by Crippen LogP contribution is -2.48. The molecule has 1 heterocycles. The van der Waals surface area contributed by atoms with Gasteiger partial charge in [-0.05, 0) is 26.7 Å². The molecule has 1 rings (SSSR count). The molecule has 0 unspecified atom stereocenters. The number of anilines is 1. The number of alkyl carbamates (subject to hydrolysis) is 1. The first-order chi connectivity index (χ1) is 11.0. The molecule has 0 aliphatic heterocycles. The van der Waals surface area contributed by atoms with Gasteiger partial charge in [0.05, 0.1) is 12.1 Å². The lowest BCUT2D eigenvalue weighted by atomic mass is 10.0. The summed E-state index contributed by atoms with van der Waals surface area (Å²) in [5.74, 6) is -1.60. The van der Waals surface area contributed by atoms with Gasteiger partial charge in [-0.3, -0.25) is 9.59 Å². The van der Waals surface area contributed by atoms with Crippen molar-refractivity contribution in [2.24, 2.45) is 5.92 Å². The second-order valence-corrected chi connectivity index (χ2v) is 7.43. The SMILES string of the molecule is CC(C)[C@H](NC(=O)OC(C)(C)C)C(=O)Nc1nc(CC(=O)O)cs1. The predicted molar refractivity (Wildman–Crippen MR) is 90.1 cm³/mol. The highest BCUT2D eigenvalue weighted by molar-refractivity contribution is 7.13. The lowest BCUT2D eigenvalue weighted by molar-refractivity contribution is -0.136. The van der Waals surface area contributed by atoms with Gasteiger partial charge in [0.25, 0.3) is 0 Å². The second-order valence-electron chi connectivity index (χ2n) is 6.57. The van der Waals surface area contributed by atoms with Crippen molar-refractivity contribution >= 4 is 34.4 Å². The first-order valence-corrected chi connectivity index (χ1v) is 8.32. The summed E-state index contributed by atoms with van der Waals surface area (Å²) in [7, 11) is 0. The zero-order chi connectivity index (χ0) is 18.5. The Morgan fingerprint density at radius 2 is 1.96 bits per heavy atom. The van der Waals surface area contributed by atoms with Crippen molar-refractivity contribution < 1.29 is 24.2 Å². The molecule has 3 N–H and O–H groups in total. The molecule has 8 nitrogen and oxygen atoms in total. The number of thiazole rings is 1. The van der Waals surface area contributed by atoms with Crippen molar-refractivity contribution in [3.05, 3.63) is 11.1 Å². The van der Waals surface area contributed by atoms with Gasteiger partial charge in [-0.15, -0.1) is 11.3 Å². The highest BCUT2D eigenvalue weighted by Crippen LogP contribution is 2.17. The van der Waals surface area contributed by atoms with Crippen LogP contribution in [0.25, 0.3) is 0 Å². The Balaban J connectivity index is 2.71. The van der Waals surface area contributed by atoms with Crippen molar-refractivity contribution in [3.63, 3.8) is 0 Å². The minimum atomic E-state index is -0.996. The first kappa shape index (κ1) is 19.9. The molecule has 0 fully saturated rings. The van der Waals surface area contributed by atoms with Gasteiger partial charge in [-0.2, -0.15) is 0 Å². The Labute approximate surface area is 144 Å². The van der Waals surface area contributed by atoms with Gasteiger partial charge >= 0.3 is 12.1 Å². The van der Waals surface area contributed by atoms with Crippen molar-refractivity contribution in [2.75, 3.05) is 5.32 Å². The largest absolute Gasteiger partial charge is 0.481 e. The predicted octanol–water partition coefficient (Wildman–Crippen LogP) is 2.26. The summed E-state index contributed by atoms with van der Waals surface area (Å²) in [5, 5.41) is 15.7. The summed E-state index contributed by atoms with van der Waals surface area (Å²) in [6.45, 7) is 8.78. The molecule has 1 atom stereocenters. The molecular formula is C15H23N3O5S. The molecule has 134 valence electrons. The van der Waals surface area contributed by atoms with Gasteiger partial charge in [0.15, 0.2) is 5.13 Å². The topological polar surface area (TPSA) is 118 Å². The quantitative estimate of drug-likeness (QED) is 0.719. The molecule has 0 aliphatic carbocycles. The molecule has 2 amide bonds. The standard InChI is InChI=1S/C15H23N3O5S/c1-8(2)11(17-14(22)23-15(3,4)5)12(21)18-13-16-9(7-24-13)6-10(19)20/h7-8,11H,6H2,1-5H3,(H,17,22)(H,19,20)(H,16,18,21)/t11-/m0/s1. The van der Waals surface area contributed by atoms with Gasteiger partial charge in [0.1, 0.15) is 11.6 Å². The molecule has 0 aromatic carbocycles. The fourth-order valence-corrected chi connectivity index (χ4v) is 2.47. The Bertz CT molecular complexity index is 606. The monoisotopic (exact) mass is 357 g/mol. The molecule has 0 saturated carbocycles. The van der Waals surface area contributed by atoms with Crippen molar-refractivity contribution in [1.82, 2.24) is 10.3 Å². The number of carboxylic acids is 1. The van der Waals surface area contributed by atoms with E-state index in [0.29, 0.717) is 5.69 Å². The van der Waals surface area contributed by atoms with Crippen LogP contribution >= 0.6 is 11.3 Å². The molecule has 0 radical (unpaired) electrons. The molecule has 0 saturated heterocycles. The maximum atomic E-state index is 12.4. The van der Waals surface area contributed by atoms with Crippen LogP contribution in [0.1, 0.15) is 40.3 Å². The van der Waals surface area contributed by atoms with Crippen LogP contribution < -0.4 is 10.6 Å². The van der Waals surface area contributed by atoms with Crippen LogP contribution in [0.4, 0.5) is 9.93 Å². The lowest BCUT2D eigenvalue weighted by Gasteiger charge is -2.24. The Morgan fingerprint density at radius 3 is 2.46 bits per heavy atom. The van der Waals surface area contributed by atoms with E-state index in [1.54, 1.807) is 40.0 Å². The summed E-state index contributed by atoms with van der Waals surface area (Å²) in [4.78, 5) is 38.9. The highest BCUT2D eigenvalue weighted by Gasteiger charge is 2.27. The summed E-state index contributed by atoms with van der Waals surface area (Å²) in [6, 6.07) is -0.799. The van der Waals surface area contributed by atoms with Gasteiger partial charge in [-0.1, -0.05) is 13.8 Å². The number of ether oxygens (including phenoxy) is 1. The third-order valence-electron chi connectivity index (χ3n) is 2.74. The zero-order valence-corrected chi connectivity index (χ0v) is 15.2. The van der Waals surface area contributed by atoms with Crippen LogP contribution in [0.15, 0.2) is 5.38 Å². The first-order valence-electron chi connectivity index (χ1n) is 7.44. The van der Waals surface area contributed by atoms with Crippen LogP contribution in [-0.4, -0.2) is 39.7 Å². The van der Waals surface area contributed by atoms with E-state index in [1.165, 1.54) is 0 Å². The number of hydrogen-bond donors (Lipinski definition) is 3. The van der Waals surface area contributed by atoms with Crippen molar-refractivity contribution in [1.29, 1.82) is 0 Å². The summed E-state index contributed by atoms with van der Waals surface area (Å²) in [6.07, 6.45) is -0.891. The molecule has 1 aromatic heterocycles. The van der Waals surface area contributed by atoms with Crippen LogP contribution in [0.5, 0.6) is 0 Å².